The van der Waals surface area contributed by atoms with E-state index in [1.165, 1.54) is 0 Å². The first kappa shape index (κ1) is 12.9. The maximum atomic E-state index is 10.4. The highest BCUT2D eigenvalue weighted by atomic mass is 35.5. The normalized spacial score (nSPS) is 9.21. The van der Waals surface area contributed by atoms with Crippen LogP contribution in [0.4, 0.5) is 0 Å². The molecule has 0 fully saturated rings. The standard InChI is InChI=1S/C10H13NO2.ClH/c11-6-5-8-1-3-9(4-2-8)7-10(12)13;/h1-4H,5-7,11H2,(H,12,13);1H. The zero-order valence-corrected chi connectivity index (χ0v) is 8.59. The van der Waals surface area contributed by atoms with Gasteiger partial charge in [-0.25, -0.2) is 0 Å². The van der Waals surface area contributed by atoms with Gasteiger partial charge in [0, 0.05) is 0 Å². The largest absolute Gasteiger partial charge is 0.481 e. The van der Waals surface area contributed by atoms with Crippen LogP contribution in [0.1, 0.15) is 11.1 Å². The Bertz CT molecular complexity index is 285. The summed E-state index contributed by atoms with van der Waals surface area (Å²) < 4.78 is 0. The Hall–Kier alpha value is -1.06. The Balaban J connectivity index is 0.00000169. The van der Waals surface area contributed by atoms with E-state index in [0.717, 1.165) is 17.5 Å². The molecule has 0 bridgehead atoms. The molecule has 1 aromatic carbocycles. The van der Waals surface area contributed by atoms with E-state index < -0.39 is 5.97 Å². The van der Waals surface area contributed by atoms with Crippen molar-refractivity contribution in [2.24, 2.45) is 5.73 Å². The zero-order chi connectivity index (χ0) is 9.68. The van der Waals surface area contributed by atoms with Crippen molar-refractivity contribution in [3.63, 3.8) is 0 Å². The molecule has 0 heterocycles. The minimum Gasteiger partial charge on any atom is -0.481 e. The van der Waals surface area contributed by atoms with Gasteiger partial charge in [0.25, 0.3) is 0 Å². The number of carbonyl (C=O) groups is 1. The second kappa shape index (κ2) is 6.40. The van der Waals surface area contributed by atoms with Gasteiger partial charge in [-0.2, -0.15) is 0 Å². The number of aliphatic carboxylic acids is 1. The maximum absolute atomic E-state index is 10.4. The Kier molecular flexibility index (Phi) is 5.92. The van der Waals surface area contributed by atoms with E-state index in [9.17, 15) is 4.79 Å². The fourth-order valence-corrected chi connectivity index (χ4v) is 1.17. The number of hydrogen-bond acceptors (Lipinski definition) is 2. The molecular formula is C10H14ClNO2. The first-order valence-corrected chi connectivity index (χ1v) is 4.22. The smallest absolute Gasteiger partial charge is 0.307 e. The van der Waals surface area contributed by atoms with E-state index in [0.29, 0.717) is 6.54 Å². The second-order valence-corrected chi connectivity index (χ2v) is 2.93. The number of halogens is 1. The summed E-state index contributed by atoms with van der Waals surface area (Å²) in [6.07, 6.45) is 0.927. The molecule has 3 N–H and O–H groups in total. The molecule has 0 spiro atoms. The molecule has 0 saturated heterocycles. The topological polar surface area (TPSA) is 63.3 Å². The number of nitrogens with two attached hydrogens (primary N) is 1. The van der Waals surface area contributed by atoms with Crippen molar-refractivity contribution in [3.05, 3.63) is 35.4 Å². The highest BCUT2D eigenvalue weighted by molar-refractivity contribution is 5.85. The van der Waals surface area contributed by atoms with Gasteiger partial charge in [0.15, 0.2) is 0 Å². The third-order valence-electron chi connectivity index (χ3n) is 1.81. The van der Waals surface area contributed by atoms with Crippen molar-refractivity contribution >= 4 is 18.4 Å². The predicted octanol–water partition coefficient (Wildman–Crippen LogP) is 1.24. The third-order valence-corrected chi connectivity index (χ3v) is 1.81. The van der Waals surface area contributed by atoms with Crippen LogP contribution in [0.3, 0.4) is 0 Å². The van der Waals surface area contributed by atoms with Crippen LogP contribution >= 0.6 is 12.4 Å². The van der Waals surface area contributed by atoms with Gasteiger partial charge < -0.3 is 10.8 Å². The summed E-state index contributed by atoms with van der Waals surface area (Å²) in [5, 5.41) is 8.52. The molecule has 1 aromatic rings. The zero-order valence-electron chi connectivity index (χ0n) is 7.77. The van der Waals surface area contributed by atoms with Gasteiger partial charge >= 0.3 is 5.97 Å². The van der Waals surface area contributed by atoms with Gasteiger partial charge in [-0.3, -0.25) is 4.79 Å². The summed E-state index contributed by atoms with van der Waals surface area (Å²) in [5.74, 6) is -0.799. The Morgan fingerprint density at radius 2 is 1.71 bits per heavy atom. The third kappa shape index (κ3) is 4.25. The van der Waals surface area contributed by atoms with E-state index in [-0.39, 0.29) is 18.8 Å². The van der Waals surface area contributed by atoms with Gasteiger partial charge in [0.1, 0.15) is 0 Å². The maximum Gasteiger partial charge on any atom is 0.307 e. The molecule has 78 valence electrons. The van der Waals surface area contributed by atoms with Crippen LogP contribution in [0.25, 0.3) is 0 Å². The molecule has 3 nitrogen and oxygen atoms in total. The quantitative estimate of drug-likeness (QED) is 0.794. The van der Waals surface area contributed by atoms with Crippen molar-refractivity contribution in [1.29, 1.82) is 0 Å². The van der Waals surface area contributed by atoms with Crippen LogP contribution in [0.15, 0.2) is 24.3 Å². The summed E-state index contributed by atoms with van der Waals surface area (Å²) >= 11 is 0. The molecule has 0 aromatic heterocycles. The van der Waals surface area contributed by atoms with E-state index in [4.69, 9.17) is 10.8 Å². The monoisotopic (exact) mass is 215 g/mol. The first-order valence-electron chi connectivity index (χ1n) is 4.22. The van der Waals surface area contributed by atoms with E-state index in [2.05, 4.69) is 0 Å². The average molecular weight is 216 g/mol. The lowest BCUT2D eigenvalue weighted by molar-refractivity contribution is -0.136. The Morgan fingerprint density at radius 3 is 2.14 bits per heavy atom. The lowest BCUT2D eigenvalue weighted by Gasteiger charge is -2.00. The van der Waals surface area contributed by atoms with Crippen LogP contribution < -0.4 is 5.73 Å². The van der Waals surface area contributed by atoms with Gasteiger partial charge in [-0.15, -0.1) is 12.4 Å². The van der Waals surface area contributed by atoms with Crippen molar-refractivity contribution in [2.45, 2.75) is 12.8 Å². The number of carboxylic acid groups (broad SMARTS) is 1. The SMILES string of the molecule is Cl.NCCc1ccc(CC(=O)O)cc1. The number of rotatable bonds is 4. The molecule has 0 radical (unpaired) electrons. The van der Waals surface area contributed by atoms with Crippen LogP contribution in [0, 0.1) is 0 Å². The number of benzene rings is 1. The summed E-state index contributed by atoms with van der Waals surface area (Å²) in [6.45, 7) is 0.623. The minimum atomic E-state index is -0.799. The molecule has 0 unspecified atom stereocenters. The number of carboxylic acids is 1. The molecule has 0 atom stereocenters. The molecule has 4 heteroatoms. The fraction of sp³-hybridized carbons (Fsp3) is 0.300. The molecule has 0 amide bonds. The Morgan fingerprint density at radius 1 is 1.21 bits per heavy atom. The highest BCUT2D eigenvalue weighted by Gasteiger charge is 1.99. The molecule has 0 saturated carbocycles. The number of hydrogen-bond donors (Lipinski definition) is 2. The van der Waals surface area contributed by atoms with Crippen LogP contribution in [-0.4, -0.2) is 17.6 Å². The molecule has 1 rings (SSSR count). The van der Waals surface area contributed by atoms with Gasteiger partial charge in [-0.1, -0.05) is 24.3 Å². The van der Waals surface area contributed by atoms with Crippen LogP contribution in [0.2, 0.25) is 0 Å². The molecule has 0 aliphatic rings. The van der Waals surface area contributed by atoms with E-state index >= 15 is 0 Å². The molecule has 14 heavy (non-hydrogen) atoms. The van der Waals surface area contributed by atoms with Crippen molar-refractivity contribution in [2.75, 3.05) is 6.54 Å². The fourth-order valence-electron chi connectivity index (χ4n) is 1.17. The van der Waals surface area contributed by atoms with E-state index in [1.807, 2.05) is 24.3 Å². The van der Waals surface area contributed by atoms with Crippen LogP contribution in [-0.2, 0) is 17.6 Å². The molecular weight excluding hydrogens is 202 g/mol. The second-order valence-electron chi connectivity index (χ2n) is 2.93. The highest BCUT2D eigenvalue weighted by Crippen LogP contribution is 2.05. The summed E-state index contributed by atoms with van der Waals surface area (Å²) in [4.78, 5) is 10.4. The van der Waals surface area contributed by atoms with Gasteiger partial charge in [-0.05, 0) is 24.1 Å². The Labute approximate surface area is 89.3 Å². The van der Waals surface area contributed by atoms with Gasteiger partial charge in [0.2, 0.25) is 0 Å². The van der Waals surface area contributed by atoms with E-state index in [1.54, 1.807) is 0 Å². The summed E-state index contributed by atoms with van der Waals surface area (Å²) in [7, 11) is 0. The molecule has 0 aliphatic heterocycles. The molecule has 0 aliphatic carbocycles. The average Bonchev–Trinajstić information content (AvgIpc) is 2.08. The predicted molar refractivity (Wildman–Crippen MR) is 57.8 cm³/mol. The lowest BCUT2D eigenvalue weighted by atomic mass is 10.1. The lowest BCUT2D eigenvalue weighted by Crippen LogP contribution is -2.03. The first-order chi connectivity index (χ1) is 6.22. The van der Waals surface area contributed by atoms with Crippen molar-refractivity contribution < 1.29 is 9.90 Å². The van der Waals surface area contributed by atoms with Crippen molar-refractivity contribution in [3.8, 4) is 0 Å². The van der Waals surface area contributed by atoms with Gasteiger partial charge in [0.05, 0.1) is 6.42 Å². The minimum absolute atomic E-state index is 0. The van der Waals surface area contributed by atoms with Crippen molar-refractivity contribution in [1.82, 2.24) is 0 Å². The summed E-state index contributed by atoms with van der Waals surface area (Å²) in [6, 6.07) is 7.51. The van der Waals surface area contributed by atoms with Crippen LogP contribution in [0.5, 0.6) is 0 Å². The summed E-state index contributed by atoms with van der Waals surface area (Å²) in [5.41, 5.74) is 7.36.